The zero-order valence-electron chi connectivity index (χ0n) is 15.8. The van der Waals surface area contributed by atoms with Gasteiger partial charge < -0.3 is 18.9 Å². The number of anilines is 1. The van der Waals surface area contributed by atoms with Crippen LogP contribution in [0.2, 0.25) is 0 Å². The highest BCUT2D eigenvalue weighted by molar-refractivity contribution is 6.66. The number of halogens is 1. The first kappa shape index (κ1) is 22.4. The molecule has 12 heteroatoms. The lowest BCUT2D eigenvalue weighted by Crippen LogP contribution is -2.44. The van der Waals surface area contributed by atoms with Gasteiger partial charge in [-0.1, -0.05) is 0 Å². The Morgan fingerprint density at radius 3 is 2.55 bits per heavy atom. The number of carbonyl (C=O) groups excluding carboxylic acids is 3. The van der Waals surface area contributed by atoms with E-state index in [1.807, 2.05) is 0 Å². The van der Waals surface area contributed by atoms with Gasteiger partial charge in [-0.2, -0.15) is 0 Å². The molecule has 0 bridgehead atoms. The molecule has 158 valence electrons. The maximum absolute atomic E-state index is 11.9. The van der Waals surface area contributed by atoms with E-state index < -0.39 is 40.7 Å². The van der Waals surface area contributed by atoms with Crippen LogP contribution in [0.4, 0.5) is 16.2 Å². The van der Waals surface area contributed by atoms with Crippen LogP contribution in [0.15, 0.2) is 18.2 Å². The molecule has 1 amide bonds. The zero-order chi connectivity index (χ0) is 21.7. The first-order valence-electron chi connectivity index (χ1n) is 8.41. The van der Waals surface area contributed by atoms with Crippen LogP contribution in [0, 0.1) is 10.1 Å². The normalized spacial score (nSPS) is 21.0. The third kappa shape index (κ3) is 5.78. The van der Waals surface area contributed by atoms with Gasteiger partial charge in [0.2, 0.25) is 6.29 Å². The first-order valence-corrected chi connectivity index (χ1v) is 8.79. The van der Waals surface area contributed by atoms with Crippen molar-refractivity contribution in [2.45, 2.75) is 38.3 Å². The summed E-state index contributed by atoms with van der Waals surface area (Å²) in [7, 11) is 2.49. The van der Waals surface area contributed by atoms with E-state index in [-0.39, 0.29) is 30.0 Å². The van der Waals surface area contributed by atoms with Crippen molar-refractivity contribution < 1.29 is 38.3 Å². The van der Waals surface area contributed by atoms with Crippen molar-refractivity contribution >= 4 is 40.3 Å². The number of amides is 1. The van der Waals surface area contributed by atoms with Crippen molar-refractivity contribution in [1.29, 1.82) is 0 Å². The van der Waals surface area contributed by atoms with Gasteiger partial charge in [0.15, 0.2) is 6.10 Å². The first-order chi connectivity index (χ1) is 13.6. The summed E-state index contributed by atoms with van der Waals surface area (Å²) in [5.41, 5.74) is -0.265. The number of carbonyl (C=O) groups is 3. The third-order valence-corrected chi connectivity index (χ3v) is 4.34. The number of ether oxygens (including phenoxy) is 4. The van der Waals surface area contributed by atoms with Crippen LogP contribution in [-0.2, 0) is 23.8 Å². The highest BCUT2D eigenvalue weighted by Crippen LogP contribution is 2.35. The molecule has 0 radical (unpaired) electrons. The zero-order valence-corrected chi connectivity index (χ0v) is 16.6. The lowest BCUT2D eigenvalue weighted by atomic mass is 10.0. The maximum Gasteiger partial charge on any atom is 0.335 e. The van der Waals surface area contributed by atoms with Crippen LogP contribution in [0.1, 0.15) is 19.8 Å². The number of methoxy groups -OCH3 is 1. The fourth-order valence-electron chi connectivity index (χ4n) is 2.75. The van der Waals surface area contributed by atoms with Crippen LogP contribution < -0.4 is 9.64 Å². The van der Waals surface area contributed by atoms with E-state index in [0.29, 0.717) is 0 Å². The molecule has 0 aromatic heterocycles. The molecule has 1 saturated heterocycles. The van der Waals surface area contributed by atoms with Gasteiger partial charge in [0.1, 0.15) is 11.9 Å². The second-order valence-corrected chi connectivity index (χ2v) is 6.44. The molecule has 0 spiro atoms. The van der Waals surface area contributed by atoms with Crippen LogP contribution in [-0.4, -0.2) is 54.9 Å². The molecule has 1 aliphatic rings. The fourth-order valence-corrected chi connectivity index (χ4v) is 2.84. The molecule has 1 aromatic carbocycles. The van der Waals surface area contributed by atoms with Crippen molar-refractivity contribution in [3.63, 3.8) is 0 Å². The topological polar surface area (TPSA) is 135 Å². The lowest BCUT2D eigenvalue weighted by Gasteiger charge is -2.34. The van der Waals surface area contributed by atoms with Crippen molar-refractivity contribution in [1.82, 2.24) is 0 Å². The summed E-state index contributed by atoms with van der Waals surface area (Å²) in [6.07, 6.45) is -2.61. The van der Waals surface area contributed by atoms with Gasteiger partial charge in [0, 0.05) is 38.9 Å². The molecule has 1 aliphatic heterocycles. The average molecular weight is 431 g/mol. The molecule has 1 heterocycles. The summed E-state index contributed by atoms with van der Waals surface area (Å²) >= 11 is 5.49. The van der Waals surface area contributed by atoms with Crippen molar-refractivity contribution in [2.24, 2.45) is 0 Å². The molecule has 1 fully saturated rings. The van der Waals surface area contributed by atoms with E-state index >= 15 is 0 Å². The molecule has 0 saturated carbocycles. The van der Waals surface area contributed by atoms with Gasteiger partial charge in [-0.3, -0.25) is 24.6 Å². The van der Waals surface area contributed by atoms with Crippen molar-refractivity contribution in [3.8, 4) is 5.75 Å². The molecule has 0 aliphatic carbocycles. The summed E-state index contributed by atoms with van der Waals surface area (Å²) < 4.78 is 21.1. The van der Waals surface area contributed by atoms with Crippen molar-refractivity contribution in [2.75, 3.05) is 19.1 Å². The predicted octanol–water partition coefficient (Wildman–Crippen LogP) is 2.38. The molecule has 0 N–H and O–H groups in total. The fraction of sp³-hybridized carbons (Fsp3) is 0.471. The van der Waals surface area contributed by atoms with Crippen LogP contribution in [0.3, 0.4) is 0 Å². The number of nitro groups is 1. The number of nitrogens with zero attached hydrogens (tertiary/aromatic N) is 2. The minimum absolute atomic E-state index is 0.0204. The molecule has 11 nitrogen and oxygen atoms in total. The highest BCUT2D eigenvalue weighted by Gasteiger charge is 2.37. The van der Waals surface area contributed by atoms with Gasteiger partial charge in [-0.15, -0.1) is 0 Å². The molecule has 1 aromatic rings. The Balaban J connectivity index is 2.31. The maximum atomic E-state index is 11.9. The van der Waals surface area contributed by atoms with Crippen LogP contribution in [0.5, 0.6) is 5.75 Å². The molecular weight excluding hydrogens is 412 g/mol. The Labute approximate surface area is 170 Å². The number of hydrogen-bond donors (Lipinski definition) is 0. The Morgan fingerprint density at radius 1 is 1.31 bits per heavy atom. The van der Waals surface area contributed by atoms with Crippen LogP contribution in [0.25, 0.3) is 0 Å². The summed E-state index contributed by atoms with van der Waals surface area (Å²) in [5.74, 6) is -1.17. The van der Waals surface area contributed by atoms with Crippen molar-refractivity contribution in [3.05, 3.63) is 28.3 Å². The van der Waals surface area contributed by atoms with E-state index in [2.05, 4.69) is 4.74 Å². The smallest absolute Gasteiger partial charge is 0.335 e. The molecule has 2 rings (SSSR count). The second-order valence-electron chi connectivity index (χ2n) is 6.12. The Morgan fingerprint density at radius 2 is 2.00 bits per heavy atom. The SMILES string of the molecule is COC(=O)[C@@H]1CC(OC(C)=O)CC(Oc2ccc([N+](=O)[O-])cc2N(C)C(=O)Cl)O1. The van der Waals surface area contributed by atoms with E-state index in [1.165, 1.54) is 33.2 Å². The van der Waals surface area contributed by atoms with Gasteiger partial charge in [-0.25, -0.2) is 4.79 Å². The number of nitro benzene ring substituents is 1. The molecular formula is C17H19ClN2O9. The quantitative estimate of drug-likeness (QED) is 0.219. The Kier molecular flexibility index (Phi) is 7.35. The highest BCUT2D eigenvalue weighted by atomic mass is 35.5. The number of rotatable bonds is 6. The molecule has 3 atom stereocenters. The number of benzene rings is 1. The Bertz CT molecular complexity index is 816. The molecule has 2 unspecified atom stereocenters. The minimum Gasteiger partial charge on any atom is -0.467 e. The predicted molar refractivity (Wildman–Crippen MR) is 98.8 cm³/mol. The third-order valence-electron chi connectivity index (χ3n) is 4.08. The standard InChI is InChI=1S/C17H19ClN2O9/c1-9(21)27-11-7-14(16(22)26-3)29-15(8-11)28-13-5-4-10(20(24)25)6-12(13)19(2)17(18)23/h4-6,11,14-15H,7-8H2,1-3H3/t11?,14-,15?/m0/s1. The summed E-state index contributed by atoms with van der Waals surface area (Å²) in [6.45, 7) is 1.23. The minimum atomic E-state index is -1.06. The van der Waals surface area contributed by atoms with Gasteiger partial charge in [-0.05, 0) is 17.7 Å². The summed E-state index contributed by atoms with van der Waals surface area (Å²) in [6, 6.07) is 3.56. The largest absolute Gasteiger partial charge is 0.467 e. The number of hydrogen-bond acceptors (Lipinski definition) is 9. The summed E-state index contributed by atoms with van der Waals surface area (Å²) in [4.78, 5) is 46.1. The van der Waals surface area contributed by atoms with Gasteiger partial charge >= 0.3 is 17.3 Å². The van der Waals surface area contributed by atoms with E-state index in [0.717, 1.165) is 11.0 Å². The Hall–Kier alpha value is -2.92. The average Bonchev–Trinajstić information content (AvgIpc) is 2.66. The van der Waals surface area contributed by atoms with E-state index in [1.54, 1.807) is 0 Å². The number of esters is 2. The van der Waals surface area contributed by atoms with Gasteiger partial charge in [0.25, 0.3) is 5.69 Å². The van der Waals surface area contributed by atoms with E-state index in [9.17, 15) is 24.5 Å². The molecule has 29 heavy (non-hydrogen) atoms. The summed E-state index contributed by atoms with van der Waals surface area (Å²) in [5, 5.41) is 10.1. The number of non-ortho nitro benzene ring substituents is 1. The monoisotopic (exact) mass is 430 g/mol. The van der Waals surface area contributed by atoms with Gasteiger partial charge in [0.05, 0.1) is 17.7 Å². The lowest BCUT2D eigenvalue weighted by molar-refractivity contribution is -0.384. The second kappa shape index (κ2) is 9.52. The van der Waals surface area contributed by atoms with Crippen LogP contribution >= 0.6 is 11.6 Å². The van der Waals surface area contributed by atoms with E-state index in [4.69, 9.17) is 25.8 Å².